The van der Waals surface area contributed by atoms with Gasteiger partial charge in [0, 0.05) is 6.61 Å². The molecule has 0 bridgehead atoms. The Morgan fingerprint density at radius 3 is 1.82 bits per heavy atom. The predicted octanol–water partition coefficient (Wildman–Crippen LogP) is 3.17. The first kappa shape index (κ1) is 21.1. The van der Waals surface area contributed by atoms with Crippen molar-refractivity contribution in [3.8, 4) is 0 Å². The highest BCUT2D eigenvalue weighted by Crippen LogP contribution is 2.06. The van der Waals surface area contributed by atoms with Crippen LogP contribution in [0.3, 0.4) is 0 Å². The van der Waals surface area contributed by atoms with Crippen LogP contribution in [0.25, 0.3) is 10.8 Å². The predicted molar refractivity (Wildman–Crippen MR) is 68.0 cm³/mol. The minimum Gasteiger partial charge on any atom is -0.724 e. The molecule has 0 radical (unpaired) electrons. The van der Waals surface area contributed by atoms with Crippen LogP contribution in [-0.2, 0) is 14.3 Å². The molecule has 1 unspecified atom stereocenters. The second-order valence-corrected chi connectivity index (χ2v) is 3.23. The van der Waals surface area contributed by atoms with Crippen molar-refractivity contribution in [2.45, 2.75) is 59.0 Å². The zero-order valence-electron chi connectivity index (χ0n) is 10.9. The van der Waals surface area contributed by atoms with Crippen LogP contribution in [0.15, 0.2) is 0 Å². The van der Waals surface area contributed by atoms with Gasteiger partial charge in [-0.25, -0.2) is 0 Å². The van der Waals surface area contributed by atoms with Crippen LogP contribution >= 0.6 is 0 Å². The summed E-state index contributed by atoms with van der Waals surface area (Å²) in [5, 5.41) is 13.5. The van der Waals surface area contributed by atoms with E-state index in [2.05, 4.69) is 20.8 Å². The minimum absolute atomic E-state index is 0.500. The number of hydrogen-bond acceptors (Lipinski definition) is 3. The summed E-state index contributed by atoms with van der Waals surface area (Å²) in [6.45, 7) is 7.57. The van der Waals surface area contributed by atoms with E-state index in [1.165, 1.54) is 25.7 Å². The van der Waals surface area contributed by atoms with Crippen LogP contribution < -0.4 is 0 Å². The van der Waals surface area contributed by atoms with Gasteiger partial charge in [-0.15, -0.1) is 0 Å². The molecule has 5 heteroatoms. The Labute approximate surface area is 104 Å². The molecule has 0 aromatic heterocycles. The molecule has 0 saturated carbocycles. The van der Waals surface area contributed by atoms with E-state index in [1.807, 2.05) is 0 Å². The highest BCUT2D eigenvalue weighted by molar-refractivity contribution is 5.37. The fourth-order valence-corrected chi connectivity index (χ4v) is 1.12. The fraction of sp³-hybridized carbons (Fsp3) is 0.833. The van der Waals surface area contributed by atoms with E-state index in [1.54, 1.807) is 0 Å². The lowest BCUT2D eigenvalue weighted by Gasteiger charge is -2.14. The lowest BCUT2D eigenvalue weighted by molar-refractivity contribution is 0.0427. The highest BCUT2D eigenvalue weighted by Gasteiger charge is 2.03. The molecule has 0 fully saturated rings. The molecule has 0 aliphatic carbocycles. The van der Waals surface area contributed by atoms with E-state index in [4.69, 9.17) is 25.1 Å². The van der Waals surface area contributed by atoms with E-state index in [9.17, 15) is 0 Å². The lowest BCUT2D eigenvalue weighted by Crippen LogP contribution is -2.11. The van der Waals surface area contributed by atoms with E-state index in [0.717, 1.165) is 13.0 Å². The van der Waals surface area contributed by atoms with Gasteiger partial charge < -0.3 is 15.6 Å². The third-order valence-electron chi connectivity index (χ3n) is 1.92. The average molecular weight is 242 g/mol. The first-order valence-electron chi connectivity index (χ1n) is 5.82. The monoisotopic (exact) mass is 242 g/mol. The van der Waals surface area contributed by atoms with Gasteiger partial charge in [0.25, 0.3) is 0 Å². The first-order chi connectivity index (χ1) is 8.17. The molecule has 100 valence electrons. The molecule has 0 spiro atoms. The van der Waals surface area contributed by atoms with Crippen LogP contribution in [0.2, 0.25) is 0 Å². The topological polar surface area (TPSA) is 88.0 Å². The van der Waals surface area contributed by atoms with E-state index in [-0.39, 0.29) is 0 Å². The Kier molecular flexibility index (Phi) is 29.9. The number of ether oxygens (including phenoxy) is 1. The Hall–Kier alpha value is -1.28. The normalized spacial score (nSPS) is 9.59. The van der Waals surface area contributed by atoms with Crippen LogP contribution in [0.1, 0.15) is 52.9 Å². The molecule has 0 saturated heterocycles. The number of unbranched alkanes of at least 4 members (excludes halogenated alkanes) is 1. The van der Waals surface area contributed by atoms with Crippen LogP contribution in [0, 0.1) is 0 Å². The molecule has 0 aliphatic heterocycles. The maximum atomic E-state index is 8.24. The number of hydrogen-bond donors (Lipinski definition) is 0. The molecular weight excluding hydrogens is 220 g/mol. The van der Waals surface area contributed by atoms with Gasteiger partial charge in [-0.3, -0.25) is 9.59 Å². The summed E-state index contributed by atoms with van der Waals surface area (Å²) >= 11 is 0. The molecule has 5 nitrogen and oxygen atoms in total. The number of isocyanates is 2. The van der Waals surface area contributed by atoms with Gasteiger partial charge in [0.05, 0.1) is 6.10 Å². The average Bonchev–Trinajstić information content (AvgIpc) is 2.30. The number of carbonyl (C=O) groups excluding carboxylic acids is 2. The van der Waals surface area contributed by atoms with E-state index in [0.29, 0.717) is 18.3 Å². The summed E-state index contributed by atoms with van der Waals surface area (Å²) in [5.74, 6) is 0. The van der Waals surface area contributed by atoms with Crippen molar-refractivity contribution in [1.82, 2.24) is 0 Å². The zero-order valence-corrected chi connectivity index (χ0v) is 10.9. The lowest BCUT2D eigenvalue weighted by atomic mass is 10.1. The largest absolute Gasteiger partial charge is 0.724 e. The summed E-state index contributed by atoms with van der Waals surface area (Å²) in [4.78, 5) is 16.5. The molecule has 0 heterocycles. The first-order valence-corrected chi connectivity index (χ1v) is 5.82. The highest BCUT2D eigenvalue weighted by atomic mass is 16.5. The molecule has 0 aromatic carbocycles. The fourth-order valence-electron chi connectivity index (χ4n) is 1.12. The maximum absolute atomic E-state index is 8.24. The summed E-state index contributed by atoms with van der Waals surface area (Å²) in [6, 6.07) is 0. The quantitative estimate of drug-likeness (QED) is 0.390. The summed E-state index contributed by atoms with van der Waals surface area (Å²) in [6.07, 6.45) is 7.59. The third kappa shape index (κ3) is 31.3. The summed E-state index contributed by atoms with van der Waals surface area (Å²) in [5.41, 5.74) is 0. The SMILES string of the molecule is CCCCOC(CC)CCC.[N-]=C=O.[N-]=C=O. The van der Waals surface area contributed by atoms with Gasteiger partial charge in [-0.2, -0.15) is 0 Å². The summed E-state index contributed by atoms with van der Waals surface area (Å²) in [7, 11) is 0. The van der Waals surface area contributed by atoms with Crippen molar-refractivity contribution in [1.29, 1.82) is 0 Å². The van der Waals surface area contributed by atoms with Crippen molar-refractivity contribution in [2.24, 2.45) is 0 Å². The van der Waals surface area contributed by atoms with Crippen molar-refractivity contribution in [2.75, 3.05) is 6.61 Å². The second kappa shape index (κ2) is 24.1. The van der Waals surface area contributed by atoms with Gasteiger partial charge >= 0.3 is 0 Å². The zero-order chi connectivity index (χ0) is 13.9. The molecule has 1 atom stereocenters. The molecule has 0 amide bonds. The third-order valence-corrected chi connectivity index (χ3v) is 1.92. The Balaban J connectivity index is -0.000000273. The second-order valence-electron chi connectivity index (χ2n) is 3.23. The smallest absolute Gasteiger partial charge is 0.0572 e. The van der Waals surface area contributed by atoms with Gasteiger partial charge in [0.15, 0.2) is 0 Å². The van der Waals surface area contributed by atoms with Crippen molar-refractivity contribution < 1.29 is 14.3 Å². The van der Waals surface area contributed by atoms with Gasteiger partial charge in [-0.1, -0.05) is 33.6 Å². The Morgan fingerprint density at radius 1 is 1.06 bits per heavy atom. The van der Waals surface area contributed by atoms with Crippen LogP contribution in [0.4, 0.5) is 0 Å². The van der Waals surface area contributed by atoms with Crippen LogP contribution in [0.5, 0.6) is 0 Å². The molecule has 0 rings (SSSR count). The van der Waals surface area contributed by atoms with Crippen molar-refractivity contribution >= 4 is 12.2 Å². The molecular formula is C12H22N2O3-2. The molecule has 17 heavy (non-hydrogen) atoms. The molecule has 0 aliphatic rings. The maximum Gasteiger partial charge on any atom is 0.0572 e. The standard InChI is InChI=1S/C10H22O.2CNO/c1-4-7-9-11-10(6-3)8-5-2;2*2-1-3/h10H,4-9H2,1-3H3;;/q;2*-1. The Morgan fingerprint density at radius 2 is 1.53 bits per heavy atom. The van der Waals surface area contributed by atoms with E-state index >= 15 is 0 Å². The van der Waals surface area contributed by atoms with Crippen molar-refractivity contribution in [3.05, 3.63) is 10.8 Å². The van der Waals surface area contributed by atoms with E-state index < -0.39 is 0 Å². The summed E-state index contributed by atoms with van der Waals surface area (Å²) < 4.78 is 5.67. The molecule has 0 N–H and O–H groups in total. The Bertz CT molecular complexity index is 184. The van der Waals surface area contributed by atoms with Crippen LogP contribution in [-0.4, -0.2) is 24.9 Å². The van der Waals surface area contributed by atoms with Crippen molar-refractivity contribution in [3.63, 3.8) is 0 Å². The van der Waals surface area contributed by atoms with Gasteiger partial charge in [-0.05, 0) is 31.4 Å². The number of nitrogens with zero attached hydrogens (tertiary/aromatic N) is 2. The van der Waals surface area contributed by atoms with Gasteiger partial charge in [0.1, 0.15) is 0 Å². The van der Waals surface area contributed by atoms with Gasteiger partial charge in [0.2, 0.25) is 0 Å². The number of rotatable bonds is 7. The molecule has 0 aromatic rings. The minimum atomic E-state index is 0.500.